The number of anilines is 2. The molecule has 1 aliphatic heterocycles. The molecule has 0 saturated carbocycles. The number of aromatic nitrogens is 1. The average Bonchev–Trinajstić information content (AvgIpc) is 3.23. The minimum atomic E-state index is -0.162. The molecular formula is C18H22N4OS. The Morgan fingerprint density at radius 3 is 3.08 bits per heavy atom. The fourth-order valence-electron chi connectivity index (χ4n) is 2.92. The van der Waals surface area contributed by atoms with E-state index in [0.29, 0.717) is 0 Å². The monoisotopic (exact) mass is 342 g/mol. The van der Waals surface area contributed by atoms with Crippen LogP contribution < -0.4 is 15.5 Å². The van der Waals surface area contributed by atoms with Gasteiger partial charge in [0, 0.05) is 42.0 Å². The van der Waals surface area contributed by atoms with Crippen molar-refractivity contribution in [2.45, 2.75) is 38.9 Å². The van der Waals surface area contributed by atoms with Crippen LogP contribution in [-0.2, 0) is 13.1 Å². The number of rotatable bonds is 6. The lowest BCUT2D eigenvalue weighted by Gasteiger charge is -2.17. The molecule has 24 heavy (non-hydrogen) atoms. The molecular weight excluding hydrogens is 320 g/mol. The van der Waals surface area contributed by atoms with Gasteiger partial charge in [0.15, 0.2) is 5.13 Å². The number of hydrogen-bond donors (Lipinski definition) is 2. The Morgan fingerprint density at radius 1 is 1.50 bits per heavy atom. The summed E-state index contributed by atoms with van der Waals surface area (Å²) >= 11 is 1.63. The zero-order chi connectivity index (χ0) is 16.9. The Hall–Kier alpha value is -2.34. The maximum atomic E-state index is 12.3. The summed E-state index contributed by atoms with van der Waals surface area (Å²) in [7, 11) is 0. The van der Waals surface area contributed by atoms with E-state index in [2.05, 4.69) is 40.1 Å². The highest BCUT2D eigenvalue weighted by Gasteiger charge is 2.24. The van der Waals surface area contributed by atoms with E-state index in [9.17, 15) is 4.79 Å². The van der Waals surface area contributed by atoms with Gasteiger partial charge in [-0.3, -0.25) is 0 Å². The first-order valence-electron chi connectivity index (χ1n) is 8.15. The number of benzene rings is 1. The molecule has 1 aromatic heterocycles. The number of carbonyl (C=O) groups excluding carboxylic acids is 1. The number of nitrogens with one attached hydrogen (secondary N) is 2. The number of nitrogens with zero attached hydrogens (tertiary/aromatic N) is 2. The maximum absolute atomic E-state index is 12.3. The molecule has 0 aliphatic carbocycles. The smallest absolute Gasteiger partial charge is 0.319 e. The van der Waals surface area contributed by atoms with Gasteiger partial charge in [-0.25, -0.2) is 9.78 Å². The minimum Gasteiger partial charge on any atom is -0.339 e. The first-order valence-corrected chi connectivity index (χ1v) is 9.02. The van der Waals surface area contributed by atoms with Crippen LogP contribution in [0.1, 0.15) is 30.9 Å². The van der Waals surface area contributed by atoms with Crippen LogP contribution in [0.4, 0.5) is 15.6 Å². The van der Waals surface area contributed by atoms with Crippen molar-refractivity contribution in [3.63, 3.8) is 0 Å². The Balaban J connectivity index is 1.70. The molecule has 6 heteroatoms. The van der Waals surface area contributed by atoms with Gasteiger partial charge >= 0.3 is 6.03 Å². The molecule has 2 N–H and O–H groups in total. The van der Waals surface area contributed by atoms with E-state index in [1.165, 1.54) is 11.1 Å². The molecule has 0 unspecified atom stereocenters. The zero-order valence-corrected chi connectivity index (χ0v) is 14.6. The van der Waals surface area contributed by atoms with Gasteiger partial charge in [0.1, 0.15) is 0 Å². The van der Waals surface area contributed by atoms with Gasteiger partial charge in [0.05, 0.1) is 0 Å². The van der Waals surface area contributed by atoms with Gasteiger partial charge in [0.2, 0.25) is 0 Å². The van der Waals surface area contributed by atoms with E-state index in [1.807, 2.05) is 29.8 Å². The van der Waals surface area contributed by atoms with Gasteiger partial charge in [-0.1, -0.05) is 25.1 Å². The van der Waals surface area contributed by atoms with Gasteiger partial charge in [-0.2, -0.15) is 0 Å². The average molecular weight is 342 g/mol. The van der Waals surface area contributed by atoms with Crippen molar-refractivity contribution in [2.75, 3.05) is 10.2 Å². The van der Waals surface area contributed by atoms with Crippen LogP contribution >= 0.6 is 11.3 Å². The van der Waals surface area contributed by atoms with Crippen molar-refractivity contribution in [1.29, 1.82) is 0 Å². The fraction of sp³-hybridized carbons (Fsp3) is 0.333. The summed E-state index contributed by atoms with van der Waals surface area (Å²) in [6, 6.07) is 6.01. The highest BCUT2D eigenvalue weighted by molar-refractivity contribution is 7.13. The van der Waals surface area contributed by atoms with Crippen molar-refractivity contribution in [1.82, 2.24) is 10.3 Å². The van der Waals surface area contributed by atoms with Crippen molar-refractivity contribution in [3.05, 3.63) is 53.6 Å². The van der Waals surface area contributed by atoms with Crippen LogP contribution in [0, 0.1) is 0 Å². The second kappa shape index (κ2) is 7.49. The van der Waals surface area contributed by atoms with E-state index >= 15 is 0 Å². The van der Waals surface area contributed by atoms with E-state index in [1.54, 1.807) is 11.3 Å². The quantitative estimate of drug-likeness (QED) is 0.776. The van der Waals surface area contributed by atoms with Gasteiger partial charge in [-0.05, 0) is 24.5 Å². The second-order valence-corrected chi connectivity index (χ2v) is 6.72. The number of fused-ring (bicyclic) bond motifs is 1. The molecule has 5 nitrogen and oxygen atoms in total. The lowest BCUT2D eigenvalue weighted by molar-refractivity contribution is 0.248. The summed E-state index contributed by atoms with van der Waals surface area (Å²) in [6.07, 6.45) is 5.31. The van der Waals surface area contributed by atoms with Crippen molar-refractivity contribution in [2.24, 2.45) is 0 Å². The molecule has 0 spiro atoms. The number of hydrogen-bond acceptors (Lipinski definition) is 4. The molecule has 2 heterocycles. The van der Waals surface area contributed by atoms with Crippen molar-refractivity contribution in [3.8, 4) is 0 Å². The zero-order valence-electron chi connectivity index (χ0n) is 13.8. The Labute approximate surface area is 146 Å². The summed E-state index contributed by atoms with van der Waals surface area (Å²) in [4.78, 5) is 18.9. The lowest BCUT2D eigenvalue weighted by Crippen LogP contribution is -2.37. The third kappa shape index (κ3) is 3.59. The largest absolute Gasteiger partial charge is 0.339 e. The predicted octanol–water partition coefficient (Wildman–Crippen LogP) is 4.14. The van der Waals surface area contributed by atoms with E-state index in [4.69, 9.17) is 0 Å². The third-order valence-electron chi connectivity index (χ3n) is 4.20. The van der Waals surface area contributed by atoms with Crippen LogP contribution in [0.5, 0.6) is 0 Å². The summed E-state index contributed by atoms with van der Waals surface area (Å²) < 4.78 is 0. The number of thiazole rings is 1. The Bertz CT molecular complexity index is 714. The summed E-state index contributed by atoms with van der Waals surface area (Å²) in [6.45, 7) is 7.39. The van der Waals surface area contributed by atoms with Crippen LogP contribution in [0.3, 0.4) is 0 Å². The molecule has 1 atom stereocenters. The SMILES string of the molecule is C=CC[C@@H](CC)NC(=O)Nc1cccc2c1CN(c1nccs1)C2. The minimum absolute atomic E-state index is 0.117. The number of urea groups is 1. The summed E-state index contributed by atoms with van der Waals surface area (Å²) in [5, 5.41) is 9.00. The maximum Gasteiger partial charge on any atom is 0.319 e. The molecule has 3 rings (SSSR count). The normalized spacial score (nSPS) is 14.1. The van der Waals surface area contributed by atoms with Crippen molar-refractivity contribution >= 4 is 28.2 Å². The van der Waals surface area contributed by atoms with Gasteiger partial charge < -0.3 is 15.5 Å². The number of amides is 2. The molecule has 1 aromatic carbocycles. The molecule has 0 radical (unpaired) electrons. The first kappa shape index (κ1) is 16.5. The standard InChI is InChI=1S/C18H22N4OS/c1-3-6-14(4-2)20-17(23)21-16-8-5-7-13-11-22(12-15(13)16)18-19-9-10-24-18/h3,5,7-10,14H,1,4,6,11-12H2,2H3,(H2,20,21,23)/t14-/m1/s1. The third-order valence-corrected chi connectivity index (χ3v) is 5.03. The van der Waals surface area contributed by atoms with Gasteiger partial charge in [0.25, 0.3) is 0 Å². The topological polar surface area (TPSA) is 57.3 Å². The van der Waals surface area contributed by atoms with Crippen LogP contribution in [0.25, 0.3) is 0 Å². The van der Waals surface area contributed by atoms with E-state index < -0.39 is 0 Å². The molecule has 1 aliphatic rings. The summed E-state index contributed by atoms with van der Waals surface area (Å²) in [5.74, 6) is 0. The Morgan fingerprint density at radius 2 is 2.38 bits per heavy atom. The van der Waals surface area contributed by atoms with Crippen LogP contribution in [-0.4, -0.2) is 17.1 Å². The molecule has 0 bridgehead atoms. The fourth-order valence-corrected chi connectivity index (χ4v) is 3.56. The number of carbonyl (C=O) groups is 1. The molecule has 0 fully saturated rings. The predicted molar refractivity (Wildman–Crippen MR) is 99.5 cm³/mol. The Kier molecular flexibility index (Phi) is 5.15. The molecule has 126 valence electrons. The lowest BCUT2D eigenvalue weighted by atomic mass is 10.1. The van der Waals surface area contributed by atoms with Crippen LogP contribution in [0.2, 0.25) is 0 Å². The molecule has 2 aromatic rings. The van der Waals surface area contributed by atoms with E-state index in [-0.39, 0.29) is 12.1 Å². The van der Waals surface area contributed by atoms with Gasteiger partial charge in [-0.15, -0.1) is 17.9 Å². The van der Waals surface area contributed by atoms with Crippen LogP contribution in [0.15, 0.2) is 42.4 Å². The summed E-state index contributed by atoms with van der Waals surface area (Å²) in [5.41, 5.74) is 3.28. The molecule has 0 saturated heterocycles. The van der Waals surface area contributed by atoms with E-state index in [0.717, 1.165) is 36.8 Å². The second-order valence-electron chi connectivity index (χ2n) is 5.84. The highest BCUT2D eigenvalue weighted by Crippen LogP contribution is 2.33. The first-order chi connectivity index (χ1) is 11.7. The highest BCUT2D eigenvalue weighted by atomic mass is 32.1. The molecule has 2 amide bonds. The van der Waals surface area contributed by atoms with Crippen molar-refractivity contribution < 1.29 is 4.79 Å².